The van der Waals surface area contributed by atoms with Gasteiger partial charge in [0.2, 0.25) is 5.96 Å². The second kappa shape index (κ2) is 9.30. The number of halogens is 2. The minimum atomic E-state index is -0.560. The lowest BCUT2D eigenvalue weighted by molar-refractivity contribution is 0.0976. The van der Waals surface area contributed by atoms with Gasteiger partial charge in [0.25, 0.3) is 5.91 Å². The molecule has 0 aliphatic carbocycles. The van der Waals surface area contributed by atoms with Crippen molar-refractivity contribution < 1.29 is 13.6 Å². The number of hydrogen-bond donors (Lipinski definition) is 2. The van der Waals surface area contributed by atoms with Crippen molar-refractivity contribution in [2.24, 2.45) is 4.99 Å². The smallest absolute Gasteiger partial charge is 0.258 e. The van der Waals surface area contributed by atoms with Crippen molar-refractivity contribution in [2.75, 3.05) is 5.32 Å². The van der Waals surface area contributed by atoms with Gasteiger partial charge in [-0.2, -0.15) is 5.10 Å². The van der Waals surface area contributed by atoms with Gasteiger partial charge in [-0.25, -0.2) is 13.8 Å². The maximum atomic E-state index is 14.1. The Kier molecular flexibility index (Phi) is 6.56. The lowest BCUT2D eigenvalue weighted by atomic mass is 10.2. The third-order valence-corrected chi connectivity index (χ3v) is 4.67. The molecule has 8 heteroatoms. The molecule has 2 aromatic carbocycles. The van der Waals surface area contributed by atoms with E-state index in [0.29, 0.717) is 0 Å². The first kappa shape index (κ1) is 21.2. The number of nitrogens with zero attached hydrogens (tertiary/aromatic N) is 3. The number of carbonyl (C=O) groups excluding carboxylic acids is 1. The number of para-hydroxylation sites is 1. The summed E-state index contributed by atoms with van der Waals surface area (Å²) in [6.07, 6.45) is 0. The van der Waals surface area contributed by atoms with Crippen molar-refractivity contribution in [3.05, 3.63) is 82.7 Å². The molecule has 0 saturated heterocycles. The first-order chi connectivity index (χ1) is 14.4. The van der Waals surface area contributed by atoms with Crippen LogP contribution in [0, 0.1) is 25.5 Å². The molecular weight excluding hydrogens is 388 g/mol. The van der Waals surface area contributed by atoms with E-state index in [1.807, 2.05) is 25.5 Å². The topological polar surface area (TPSA) is 71.3 Å². The Morgan fingerprint density at radius 2 is 1.90 bits per heavy atom. The van der Waals surface area contributed by atoms with Crippen molar-refractivity contribution in [1.82, 2.24) is 15.1 Å². The Balaban J connectivity index is 1.89. The molecular formula is C22H23F2N5O. The number of guanidine groups is 1. The predicted molar refractivity (Wildman–Crippen MR) is 112 cm³/mol. The second-order valence-corrected chi connectivity index (χ2v) is 6.70. The fraction of sp³-hybridized carbons (Fsp3) is 0.227. The quantitative estimate of drug-likeness (QED) is 0.488. The molecule has 2 N–H and O–H groups in total. The Hall–Kier alpha value is -3.55. The lowest BCUT2D eigenvalue weighted by Gasteiger charge is -2.13. The Labute approximate surface area is 173 Å². The molecule has 0 atom stereocenters. The van der Waals surface area contributed by atoms with Gasteiger partial charge >= 0.3 is 0 Å². The third-order valence-electron chi connectivity index (χ3n) is 4.67. The summed E-state index contributed by atoms with van der Waals surface area (Å²) < 4.78 is 29.5. The molecule has 0 fully saturated rings. The van der Waals surface area contributed by atoms with Crippen molar-refractivity contribution in [2.45, 2.75) is 33.9 Å². The van der Waals surface area contributed by atoms with Gasteiger partial charge in [-0.3, -0.25) is 14.8 Å². The van der Waals surface area contributed by atoms with E-state index in [2.05, 4.69) is 20.7 Å². The van der Waals surface area contributed by atoms with Crippen LogP contribution in [-0.2, 0) is 13.1 Å². The standard InChI is InChI=1S/C22H23F2N5O/c1-4-29-15(3)18(14(2)28-29)13-25-22(26-20-11-6-5-10-19(20)24)27-21(30)16-8-7-9-17(23)12-16/h5-12H,4,13H2,1-3H3,(H2,25,26,27,30). The highest BCUT2D eigenvalue weighted by molar-refractivity contribution is 6.09. The molecule has 0 spiro atoms. The molecule has 156 valence electrons. The Morgan fingerprint density at radius 1 is 1.13 bits per heavy atom. The second-order valence-electron chi connectivity index (χ2n) is 6.70. The molecule has 0 unspecified atom stereocenters. The maximum Gasteiger partial charge on any atom is 0.258 e. The van der Waals surface area contributed by atoms with Crippen molar-refractivity contribution >= 4 is 17.6 Å². The van der Waals surface area contributed by atoms with Crippen LogP contribution < -0.4 is 10.6 Å². The number of anilines is 1. The van der Waals surface area contributed by atoms with Crippen LogP contribution in [0.15, 0.2) is 53.5 Å². The summed E-state index contributed by atoms with van der Waals surface area (Å²) in [5, 5.41) is 9.88. The van der Waals surface area contributed by atoms with Crippen molar-refractivity contribution in [1.29, 1.82) is 0 Å². The average Bonchev–Trinajstić information content (AvgIpc) is 3.00. The zero-order chi connectivity index (χ0) is 21.7. The van der Waals surface area contributed by atoms with Gasteiger partial charge in [0.1, 0.15) is 11.6 Å². The Morgan fingerprint density at radius 3 is 2.57 bits per heavy atom. The van der Waals surface area contributed by atoms with Gasteiger partial charge < -0.3 is 5.32 Å². The van der Waals surface area contributed by atoms with Crippen LogP contribution in [0.2, 0.25) is 0 Å². The van der Waals surface area contributed by atoms with E-state index in [9.17, 15) is 13.6 Å². The number of nitrogens with one attached hydrogen (secondary N) is 2. The molecule has 0 aliphatic heterocycles. The van der Waals surface area contributed by atoms with Gasteiger partial charge in [-0.1, -0.05) is 18.2 Å². The predicted octanol–water partition coefficient (Wildman–Crippen LogP) is 4.20. The number of aryl methyl sites for hydroxylation is 2. The summed E-state index contributed by atoms with van der Waals surface area (Å²) in [7, 11) is 0. The normalized spacial score (nSPS) is 11.4. The van der Waals surface area contributed by atoms with E-state index in [1.165, 1.54) is 30.3 Å². The summed E-state index contributed by atoms with van der Waals surface area (Å²) in [6, 6.07) is 11.4. The molecule has 1 heterocycles. The van der Waals surface area contributed by atoms with Crippen LogP contribution >= 0.6 is 0 Å². The van der Waals surface area contributed by atoms with Gasteiger partial charge in [-0.15, -0.1) is 0 Å². The van der Waals surface area contributed by atoms with Crippen molar-refractivity contribution in [3.63, 3.8) is 0 Å². The highest BCUT2D eigenvalue weighted by Gasteiger charge is 2.14. The third kappa shape index (κ3) is 4.89. The van der Waals surface area contributed by atoms with Gasteiger partial charge in [0.15, 0.2) is 0 Å². The average molecular weight is 411 g/mol. The van der Waals surface area contributed by atoms with Gasteiger partial charge in [0.05, 0.1) is 17.9 Å². The first-order valence-electron chi connectivity index (χ1n) is 9.54. The number of benzene rings is 2. The molecule has 30 heavy (non-hydrogen) atoms. The number of amides is 1. The van der Waals surface area contributed by atoms with E-state index in [1.54, 1.807) is 12.1 Å². The van der Waals surface area contributed by atoms with Crippen molar-refractivity contribution in [3.8, 4) is 0 Å². The maximum absolute atomic E-state index is 14.1. The number of aliphatic imine (C=N–C) groups is 1. The van der Waals surface area contributed by atoms with Crippen LogP contribution in [0.4, 0.5) is 14.5 Å². The fourth-order valence-electron chi connectivity index (χ4n) is 3.04. The van der Waals surface area contributed by atoms with Crippen LogP contribution in [0.1, 0.15) is 34.2 Å². The molecule has 0 aliphatic rings. The van der Waals surface area contributed by atoms with E-state index in [0.717, 1.165) is 29.6 Å². The number of hydrogen-bond acceptors (Lipinski definition) is 3. The Bertz CT molecular complexity index is 1090. The molecule has 6 nitrogen and oxygen atoms in total. The van der Waals surface area contributed by atoms with Crippen LogP contribution in [0.5, 0.6) is 0 Å². The monoisotopic (exact) mass is 411 g/mol. The van der Waals surface area contributed by atoms with E-state index >= 15 is 0 Å². The van der Waals surface area contributed by atoms with Crippen LogP contribution in [0.25, 0.3) is 0 Å². The van der Waals surface area contributed by atoms with Gasteiger partial charge in [0, 0.05) is 23.4 Å². The molecule has 0 bridgehead atoms. The summed E-state index contributed by atoms with van der Waals surface area (Å²) >= 11 is 0. The molecule has 1 amide bonds. The minimum absolute atomic E-state index is 0.0532. The summed E-state index contributed by atoms with van der Waals surface area (Å²) in [5.41, 5.74) is 3.02. The zero-order valence-electron chi connectivity index (χ0n) is 17.0. The fourth-order valence-corrected chi connectivity index (χ4v) is 3.04. The zero-order valence-corrected chi connectivity index (χ0v) is 17.0. The largest absolute Gasteiger partial charge is 0.323 e. The molecule has 3 rings (SSSR count). The molecule has 1 aromatic heterocycles. The highest BCUT2D eigenvalue weighted by atomic mass is 19.1. The molecule has 0 radical (unpaired) electrons. The van der Waals surface area contributed by atoms with E-state index in [4.69, 9.17) is 0 Å². The molecule has 0 saturated carbocycles. The summed E-state index contributed by atoms with van der Waals surface area (Å²) in [5.74, 6) is -1.52. The van der Waals surface area contributed by atoms with E-state index < -0.39 is 17.5 Å². The van der Waals surface area contributed by atoms with Crippen LogP contribution in [0.3, 0.4) is 0 Å². The first-order valence-corrected chi connectivity index (χ1v) is 9.54. The highest BCUT2D eigenvalue weighted by Crippen LogP contribution is 2.16. The lowest BCUT2D eigenvalue weighted by Crippen LogP contribution is -2.36. The minimum Gasteiger partial charge on any atom is -0.323 e. The molecule has 3 aromatic rings. The number of carbonyl (C=O) groups is 1. The van der Waals surface area contributed by atoms with Crippen LogP contribution in [-0.4, -0.2) is 21.6 Å². The number of rotatable bonds is 5. The summed E-state index contributed by atoms with van der Waals surface area (Å²) in [4.78, 5) is 17.0. The summed E-state index contributed by atoms with van der Waals surface area (Å²) in [6.45, 7) is 6.80. The SMILES string of the molecule is CCn1nc(C)c(CN=C(NC(=O)c2cccc(F)c2)Nc2ccccc2F)c1C. The number of aromatic nitrogens is 2. The van der Waals surface area contributed by atoms with Gasteiger partial charge in [-0.05, 0) is 51.1 Å². The van der Waals surface area contributed by atoms with E-state index in [-0.39, 0.29) is 23.8 Å².